The summed E-state index contributed by atoms with van der Waals surface area (Å²) >= 11 is 0. The van der Waals surface area contributed by atoms with Crippen molar-refractivity contribution in [3.8, 4) is 0 Å². The molecule has 3 nitrogen and oxygen atoms in total. The van der Waals surface area contributed by atoms with Crippen molar-refractivity contribution in [1.82, 2.24) is 15.3 Å². The average Bonchev–Trinajstić information content (AvgIpc) is 2.53. The van der Waals surface area contributed by atoms with Gasteiger partial charge in [0.15, 0.2) is 0 Å². The van der Waals surface area contributed by atoms with Gasteiger partial charge in [0.05, 0.1) is 11.0 Å². The number of para-hydroxylation sites is 1. The van der Waals surface area contributed by atoms with Gasteiger partial charge in [0.1, 0.15) is 0 Å². The van der Waals surface area contributed by atoms with Crippen molar-refractivity contribution in [3.63, 3.8) is 0 Å². The Labute approximate surface area is 127 Å². The van der Waals surface area contributed by atoms with Gasteiger partial charge in [-0.2, -0.15) is 0 Å². The Bertz CT molecular complexity index is 560. The molecule has 1 unspecified atom stereocenters. The zero-order valence-electron chi connectivity index (χ0n) is 12.9. The molecule has 0 aliphatic rings. The lowest BCUT2D eigenvalue weighted by Gasteiger charge is -2.19. The van der Waals surface area contributed by atoms with Crippen molar-refractivity contribution in [3.05, 3.63) is 48.8 Å². The zero-order chi connectivity index (χ0) is 14.9. The molecule has 1 heterocycles. The first-order valence-corrected chi connectivity index (χ1v) is 7.90. The van der Waals surface area contributed by atoms with Crippen LogP contribution >= 0.6 is 0 Å². The van der Waals surface area contributed by atoms with E-state index in [-0.39, 0.29) is 0 Å². The van der Waals surface area contributed by atoms with Gasteiger partial charge in [-0.05, 0) is 37.4 Å². The van der Waals surface area contributed by atoms with Crippen LogP contribution in [0, 0.1) is 0 Å². The third-order valence-corrected chi connectivity index (χ3v) is 3.76. The average molecular weight is 283 g/mol. The number of aromatic nitrogens is 2. The molecule has 0 saturated heterocycles. The van der Waals surface area contributed by atoms with E-state index in [0.29, 0.717) is 6.04 Å². The van der Waals surface area contributed by atoms with Crippen LogP contribution in [-0.4, -0.2) is 16.5 Å². The van der Waals surface area contributed by atoms with E-state index in [0.717, 1.165) is 30.4 Å². The molecule has 1 aromatic heterocycles. The van der Waals surface area contributed by atoms with Crippen LogP contribution in [0.4, 0.5) is 0 Å². The standard InChI is InChI=1S/C18H25N3/c1-3-5-6-7-8-11-16(19-4-2)15-10-9-12-17-18(15)21-14-13-20-17/h3,9-10,12-14,16,19H,1,4-8,11H2,2H3. The number of nitrogens with zero attached hydrogens (tertiary/aromatic N) is 2. The summed E-state index contributed by atoms with van der Waals surface area (Å²) in [7, 11) is 0. The summed E-state index contributed by atoms with van der Waals surface area (Å²) < 4.78 is 0. The quantitative estimate of drug-likeness (QED) is 0.547. The van der Waals surface area contributed by atoms with Gasteiger partial charge < -0.3 is 5.32 Å². The molecule has 3 heteroatoms. The summed E-state index contributed by atoms with van der Waals surface area (Å²) in [6, 6.07) is 6.64. The molecular formula is C18H25N3. The Kier molecular flexibility index (Phi) is 6.35. The van der Waals surface area contributed by atoms with Crippen molar-refractivity contribution < 1.29 is 0 Å². The molecule has 0 aliphatic carbocycles. The fourth-order valence-corrected chi connectivity index (χ4v) is 2.72. The van der Waals surface area contributed by atoms with E-state index in [4.69, 9.17) is 0 Å². The van der Waals surface area contributed by atoms with Crippen LogP contribution in [0.2, 0.25) is 0 Å². The maximum Gasteiger partial charge on any atom is 0.0934 e. The number of unbranched alkanes of at least 4 members (excludes halogenated alkanes) is 3. The smallest absolute Gasteiger partial charge is 0.0934 e. The van der Waals surface area contributed by atoms with Gasteiger partial charge in [0, 0.05) is 18.4 Å². The van der Waals surface area contributed by atoms with Gasteiger partial charge in [-0.1, -0.05) is 38.0 Å². The van der Waals surface area contributed by atoms with Gasteiger partial charge >= 0.3 is 0 Å². The summed E-state index contributed by atoms with van der Waals surface area (Å²) in [5, 5.41) is 3.59. The van der Waals surface area contributed by atoms with Gasteiger partial charge in [-0.3, -0.25) is 9.97 Å². The number of hydrogen-bond donors (Lipinski definition) is 1. The normalized spacial score (nSPS) is 12.4. The first kappa shape index (κ1) is 15.6. The fraction of sp³-hybridized carbons (Fsp3) is 0.444. The topological polar surface area (TPSA) is 37.8 Å². The summed E-state index contributed by atoms with van der Waals surface area (Å²) in [6.45, 7) is 6.90. The summed E-state index contributed by atoms with van der Waals surface area (Å²) in [6.07, 6.45) is 11.5. The molecular weight excluding hydrogens is 258 g/mol. The molecule has 21 heavy (non-hydrogen) atoms. The fourth-order valence-electron chi connectivity index (χ4n) is 2.72. The van der Waals surface area contributed by atoms with Crippen molar-refractivity contribution in [1.29, 1.82) is 0 Å². The zero-order valence-corrected chi connectivity index (χ0v) is 12.9. The first-order valence-electron chi connectivity index (χ1n) is 7.90. The van der Waals surface area contributed by atoms with Crippen molar-refractivity contribution in [2.45, 2.75) is 45.1 Å². The number of fused-ring (bicyclic) bond motifs is 1. The third kappa shape index (κ3) is 4.36. The highest BCUT2D eigenvalue weighted by atomic mass is 14.9. The highest BCUT2D eigenvalue weighted by Crippen LogP contribution is 2.25. The Morgan fingerprint density at radius 2 is 2.05 bits per heavy atom. The van der Waals surface area contributed by atoms with E-state index in [2.05, 4.69) is 40.9 Å². The van der Waals surface area contributed by atoms with E-state index in [1.165, 1.54) is 24.8 Å². The monoisotopic (exact) mass is 283 g/mol. The van der Waals surface area contributed by atoms with Crippen LogP contribution in [0.15, 0.2) is 43.2 Å². The van der Waals surface area contributed by atoms with Crippen LogP contribution in [0.25, 0.3) is 11.0 Å². The minimum absolute atomic E-state index is 0.360. The Morgan fingerprint density at radius 3 is 2.86 bits per heavy atom. The van der Waals surface area contributed by atoms with E-state index in [1.54, 1.807) is 12.4 Å². The highest BCUT2D eigenvalue weighted by Gasteiger charge is 2.14. The highest BCUT2D eigenvalue weighted by molar-refractivity contribution is 5.78. The SMILES string of the molecule is C=CCCCCCC(NCC)c1cccc2nccnc12. The van der Waals surface area contributed by atoms with Gasteiger partial charge in [-0.15, -0.1) is 6.58 Å². The van der Waals surface area contributed by atoms with Crippen LogP contribution in [0.1, 0.15) is 50.6 Å². The summed E-state index contributed by atoms with van der Waals surface area (Å²) in [4.78, 5) is 8.93. The predicted molar refractivity (Wildman–Crippen MR) is 89.2 cm³/mol. The minimum atomic E-state index is 0.360. The van der Waals surface area contributed by atoms with Crippen molar-refractivity contribution >= 4 is 11.0 Å². The molecule has 112 valence electrons. The molecule has 0 saturated carbocycles. The molecule has 2 rings (SSSR count). The lowest BCUT2D eigenvalue weighted by molar-refractivity contribution is 0.485. The molecule has 0 aliphatic heterocycles. The van der Waals surface area contributed by atoms with Crippen LogP contribution in [0.3, 0.4) is 0 Å². The maximum absolute atomic E-state index is 4.53. The largest absolute Gasteiger partial charge is 0.310 e. The van der Waals surface area contributed by atoms with Gasteiger partial charge in [0.25, 0.3) is 0 Å². The Hall–Kier alpha value is -1.74. The van der Waals surface area contributed by atoms with E-state index in [1.807, 2.05) is 12.1 Å². The number of benzene rings is 1. The number of hydrogen-bond acceptors (Lipinski definition) is 3. The molecule has 0 bridgehead atoms. The molecule has 1 N–H and O–H groups in total. The second kappa shape index (κ2) is 8.53. The van der Waals surface area contributed by atoms with Gasteiger partial charge in [-0.25, -0.2) is 0 Å². The molecule has 0 spiro atoms. The van der Waals surface area contributed by atoms with Crippen LogP contribution in [-0.2, 0) is 0 Å². The van der Waals surface area contributed by atoms with E-state index in [9.17, 15) is 0 Å². The molecule has 2 aromatic rings. The third-order valence-electron chi connectivity index (χ3n) is 3.76. The van der Waals surface area contributed by atoms with Crippen molar-refractivity contribution in [2.75, 3.05) is 6.54 Å². The lowest BCUT2D eigenvalue weighted by Crippen LogP contribution is -2.21. The number of nitrogens with one attached hydrogen (secondary N) is 1. The lowest BCUT2D eigenvalue weighted by atomic mass is 9.98. The molecule has 0 radical (unpaired) electrons. The van der Waals surface area contributed by atoms with Gasteiger partial charge in [0.2, 0.25) is 0 Å². The van der Waals surface area contributed by atoms with E-state index < -0.39 is 0 Å². The number of allylic oxidation sites excluding steroid dienone is 1. The second-order valence-electron chi connectivity index (χ2n) is 5.31. The van der Waals surface area contributed by atoms with Crippen LogP contribution < -0.4 is 5.32 Å². The first-order chi connectivity index (χ1) is 10.4. The summed E-state index contributed by atoms with van der Waals surface area (Å²) in [5.41, 5.74) is 3.27. The summed E-state index contributed by atoms with van der Waals surface area (Å²) in [5.74, 6) is 0. The molecule has 1 atom stereocenters. The molecule has 0 amide bonds. The van der Waals surface area contributed by atoms with Crippen LogP contribution in [0.5, 0.6) is 0 Å². The Morgan fingerprint density at radius 1 is 1.19 bits per heavy atom. The Balaban J connectivity index is 2.10. The molecule has 0 fully saturated rings. The van der Waals surface area contributed by atoms with Crippen molar-refractivity contribution in [2.24, 2.45) is 0 Å². The molecule has 1 aromatic carbocycles. The predicted octanol–water partition coefficient (Wildman–Crippen LogP) is 4.42. The van der Waals surface area contributed by atoms with E-state index >= 15 is 0 Å². The minimum Gasteiger partial charge on any atom is -0.310 e. The maximum atomic E-state index is 4.53. The number of rotatable bonds is 9. The second-order valence-corrected chi connectivity index (χ2v) is 5.31.